The lowest BCUT2D eigenvalue weighted by Gasteiger charge is -2.22. The Balaban J connectivity index is 1.39. The minimum Gasteiger partial charge on any atom is -0.507 e. The Kier molecular flexibility index (Phi) is 7.20. The third-order valence-electron chi connectivity index (χ3n) is 6.69. The summed E-state index contributed by atoms with van der Waals surface area (Å²) in [7, 11) is 0. The van der Waals surface area contributed by atoms with Gasteiger partial charge in [0.2, 0.25) is 5.13 Å². The van der Waals surface area contributed by atoms with E-state index in [-0.39, 0.29) is 28.4 Å². The molecule has 0 bridgehead atoms. The van der Waals surface area contributed by atoms with Gasteiger partial charge in [0.25, 0.3) is 5.78 Å². The third-order valence-corrected chi connectivity index (χ3v) is 9.29. The Bertz CT molecular complexity index is 1690. The Morgan fingerprint density at radius 2 is 1.98 bits per heavy atom. The van der Waals surface area contributed by atoms with Crippen molar-refractivity contribution in [1.29, 1.82) is 0 Å². The van der Waals surface area contributed by atoms with Crippen molar-refractivity contribution in [3.8, 4) is 5.75 Å². The van der Waals surface area contributed by atoms with E-state index in [1.807, 2.05) is 13.0 Å². The first-order valence-corrected chi connectivity index (χ1v) is 15.0. The lowest BCUT2D eigenvalue weighted by Crippen LogP contribution is -2.29. The van der Waals surface area contributed by atoms with Crippen molar-refractivity contribution in [2.45, 2.75) is 35.6 Å². The van der Waals surface area contributed by atoms with Crippen LogP contribution >= 0.6 is 39.0 Å². The second-order valence-electron chi connectivity index (χ2n) is 9.41. The number of fused-ring (bicyclic) bond motifs is 1. The molecule has 202 valence electrons. The lowest BCUT2D eigenvalue weighted by molar-refractivity contribution is -0.132. The van der Waals surface area contributed by atoms with Crippen LogP contribution < -0.4 is 9.64 Å². The number of aliphatic hydroxyl groups is 1. The summed E-state index contributed by atoms with van der Waals surface area (Å²) in [4.78, 5) is 28.2. The van der Waals surface area contributed by atoms with Crippen LogP contribution in [-0.2, 0) is 21.8 Å². The number of benzene rings is 3. The van der Waals surface area contributed by atoms with E-state index in [1.54, 1.807) is 54.6 Å². The molecular weight excluding hydrogens is 617 g/mol. The van der Waals surface area contributed by atoms with E-state index in [9.17, 15) is 19.1 Å². The van der Waals surface area contributed by atoms with Crippen LogP contribution in [-0.4, -0.2) is 33.1 Å². The standard InChI is InChI=1S/C29H21BrFN3O4S2/c1-15-11-19-12-17(9-10-22(19)38-15)25(35)23-24(16-6-4-7-20(30)13-16)34(27(37)26(23)36)28-32-33-29(40-28)39-14-18-5-2-3-8-21(18)31/h2-10,12-13,15,24,35H,11,14H2,1H3/b25-23+. The molecule has 1 saturated heterocycles. The summed E-state index contributed by atoms with van der Waals surface area (Å²) in [6.45, 7) is 1.96. The topological polar surface area (TPSA) is 92.6 Å². The van der Waals surface area contributed by atoms with E-state index in [0.29, 0.717) is 33.2 Å². The lowest BCUT2D eigenvalue weighted by atomic mass is 9.94. The number of hydrogen-bond acceptors (Lipinski definition) is 8. The molecule has 0 aliphatic carbocycles. The monoisotopic (exact) mass is 637 g/mol. The average Bonchev–Trinajstić information content (AvgIpc) is 3.63. The minimum absolute atomic E-state index is 0.0162. The molecule has 7 nitrogen and oxygen atoms in total. The largest absolute Gasteiger partial charge is 0.507 e. The number of ether oxygens (including phenoxy) is 1. The number of amides is 1. The van der Waals surface area contributed by atoms with Crippen LogP contribution in [0.1, 0.15) is 35.2 Å². The highest BCUT2D eigenvalue weighted by molar-refractivity contribution is 9.10. The fourth-order valence-electron chi connectivity index (χ4n) is 4.86. The van der Waals surface area contributed by atoms with E-state index < -0.39 is 17.7 Å². The van der Waals surface area contributed by atoms with Crippen LogP contribution in [0.3, 0.4) is 0 Å². The van der Waals surface area contributed by atoms with Gasteiger partial charge >= 0.3 is 5.91 Å². The number of aromatic nitrogens is 2. The van der Waals surface area contributed by atoms with Gasteiger partial charge in [-0.15, -0.1) is 10.2 Å². The maximum Gasteiger partial charge on any atom is 0.301 e. The normalized spacial score (nSPS) is 19.6. The number of hydrogen-bond donors (Lipinski definition) is 1. The van der Waals surface area contributed by atoms with Crippen molar-refractivity contribution in [3.63, 3.8) is 0 Å². The predicted molar refractivity (Wildman–Crippen MR) is 155 cm³/mol. The van der Waals surface area contributed by atoms with Crippen LogP contribution in [0.15, 0.2) is 81.1 Å². The van der Waals surface area contributed by atoms with Crippen molar-refractivity contribution in [2.24, 2.45) is 0 Å². The molecule has 3 aromatic carbocycles. The fraction of sp³-hybridized carbons (Fsp3) is 0.172. The van der Waals surface area contributed by atoms with E-state index >= 15 is 0 Å². The molecule has 1 fully saturated rings. The zero-order valence-corrected chi connectivity index (χ0v) is 24.2. The number of carbonyl (C=O) groups is 2. The Hall–Kier alpha value is -3.54. The first kappa shape index (κ1) is 26.7. The first-order valence-electron chi connectivity index (χ1n) is 12.4. The number of ketones is 1. The quantitative estimate of drug-likeness (QED) is 0.0828. The molecule has 4 aromatic rings. The van der Waals surface area contributed by atoms with Gasteiger partial charge in [0.15, 0.2) is 4.34 Å². The van der Waals surface area contributed by atoms with Gasteiger partial charge in [-0.2, -0.15) is 0 Å². The molecule has 6 rings (SSSR count). The molecule has 40 heavy (non-hydrogen) atoms. The van der Waals surface area contributed by atoms with Crippen LogP contribution in [0.2, 0.25) is 0 Å². The van der Waals surface area contributed by atoms with E-state index in [0.717, 1.165) is 27.1 Å². The molecule has 2 aliphatic heterocycles. The van der Waals surface area contributed by atoms with Crippen LogP contribution in [0, 0.1) is 5.82 Å². The predicted octanol–water partition coefficient (Wildman–Crippen LogP) is 6.68. The fourth-order valence-corrected chi connectivity index (χ4v) is 7.13. The second kappa shape index (κ2) is 10.8. The van der Waals surface area contributed by atoms with E-state index in [2.05, 4.69) is 26.1 Å². The summed E-state index contributed by atoms with van der Waals surface area (Å²) >= 11 is 5.88. The highest BCUT2D eigenvalue weighted by atomic mass is 79.9. The van der Waals surface area contributed by atoms with E-state index in [1.165, 1.54) is 22.7 Å². The van der Waals surface area contributed by atoms with E-state index in [4.69, 9.17) is 4.74 Å². The molecule has 2 atom stereocenters. The number of aliphatic hydroxyl groups excluding tert-OH is 1. The molecule has 0 saturated carbocycles. The van der Waals surface area contributed by atoms with Crippen LogP contribution in [0.4, 0.5) is 9.52 Å². The summed E-state index contributed by atoms with van der Waals surface area (Å²) in [5.74, 6) is -1.15. The molecule has 1 N–H and O–H groups in total. The maximum absolute atomic E-state index is 14.1. The zero-order chi connectivity index (χ0) is 28.0. The highest BCUT2D eigenvalue weighted by Crippen LogP contribution is 2.45. The summed E-state index contributed by atoms with van der Waals surface area (Å²) in [6, 6.07) is 18.0. The number of thioether (sulfide) groups is 1. The Morgan fingerprint density at radius 3 is 2.77 bits per heavy atom. The summed E-state index contributed by atoms with van der Waals surface area (Å²) in [5.41, 5.74) is 2.45. The third kappa shape index (κ3) is 4.93. The summed E-state index contributed by atoms with van der Waals surface area (Å²) in [5, 5.41) is 20.1. The smallest absolute Gasteiger partial charge is 0.301 e. The van der Waals surface area contributed by atoms with Gasteiger partial charge in [-0.1, -0.05) is 69.4 Å². The highest BCUT2D eigenvalue weighted by Gasteiger charge is 2.48. The van der Waals surface area contributed by atoms with Crippen LogP contribution in [0.25, 0.3) is 5.76 Å². The van der Waals surface area contributed by atoms with Crippen molar-refractivity contribution in [3.05, 3.63) is 105 Å². The number of anilines is 1. The van der Waals surface area contributed by atoms with Gasteiger partial charge in [-0.25, -0.2) is 4.39 Å². The second-order valence-corrected chi connectivity index (χ2v) is 12.5. The molecule has 0 radical (unpaired) electrons. The van der Waals surface area contributed by atoms with Crippen molar-refractivity contribution in [1.82, 2.24) is 10.2 Å². The average molecular weight is 639 g/mol. The summed E-state index contributed by atoms with van der Waals surface area (Å²) in [6.07, 6.45) is 0.695. The van der Waals surface area contributed by atoms with Crippen molar-refractivity contribution >= 4 is 61.6 Å². The van der Waals surface area contributed by atoms with Gasteiger partial charge in [-0.05, 0) is 60.0 Å². The molecule has 2 unspecified atom stereocenters. The van der Waals surface area contributed by atoms with Gasteiger partial charge in [0.05, 0.1) is 11.6 Å². The van der Waals surface area contributed by atoms with Gasteiger partial charge < -0.3 is 9.84 Å². The molecule has 1 amide bonds. The molecule has 11 heteroatoms. The van der Waals surface area contributed by atoms with Gasteiger partial charge in [-0.3, -0.25) is 14.5 Å². The Labute approximate surface area is 245 Å². The molecule has 0 spiro atoms. The number of rotatable bonds is 6. The van der Waals surface area contributed by atoms with Gasteiger partial charge in [0.1, 0.15) is 23.4 Å². The summed E-state index contributed by atoms with van der Waals surface area (Å²) < 4.78 is 21.1. The molecular formula is C29H21BrFN3O4S2. The minimum atomic E-state index is -0.932. The number of nitrogens with zero attached hydrogens (tertiary/aromatic N) is 3. The zero-order valence-electron chi connectivity index (χ0n) is 21.0. The number of Topliss-reactive ketones (excluding diaryl/α,β-unsaturated/α-hetero) is 1. The molecule has 2 aliphatic rings. The van der Waals surface area contributed by atoms with Crippen LogP contribution in [0.5, 0.6) is 5.75 Å². The molecule has 1 aromatic heterocycles. The molecule has 3 heterocycles. The van der Waals surface area contributed by atoms with Crippen molar-refractivity contribution < 1.29 is 23.8 Å². The first-order chi connectivity index (χ1) is 19.3. The SMILES string of the molecule is CC1Cc2cc(/C(O)=C3\C(=O)C(=O)N(c4nnc(SCc5ccccc5F)s4)C3c3cccc(Br)c3)ccc2O1. The van der Waals surface area contributed by atoms with Gasteiger partial charge in [0, 0.05) is 22.2 Å². The number of halogens is 2. The number of carbonyl (C=O) groups excluding carboxylic acids is 2. The maximum atomic E-state index is 14.1. The Morgan fingerprint density at radius 1 is 1.15 bits per heavy atom. The van der Waals surface area contributed by atoms with Crippen molar-refractivity contribution in [2.75, 3.05) is 4.90 Å².